The average Bonchev–Trinajstić information content (AvgIpc) is 3.04. The topological polar surface area (TPSA) is 56.1 Å². The maximum atomic E-state index is 13.6. The second-order valence-electron chi connectivity index (χ2n) is 5.54. The minimum absolute atomic E-state index is 0.0444. The monoisotopic (exact) mass is 339 g/mol. The number of benzene rings is 2. The summed E-state index contributed by atoms with van der Waals surface area (Å²) in [6.07, 6.45) is 0.762. The maximum absolute atomic E-state index is 13.6. The van der Waals surface area contributed by atoms with Crippen LogP contribution in [-0.2, 0) is 11.3 Å². The Morgan fingerprint density at radius 1 is 1.16 bits per heavy atom. The van der Waals surface area contributed by atoms with Gasteiger partial charge in [-0.15, -0.1) is 0 Å². The predicted octanol–water partition coefficient (Wildman–Crippen LogP) is 3.48. The molecule has 0 radical (unpaired) electrons. The van der Waals surface area contributed by atoms with Gasteiger partial charge in [0.05, 0.1) is 12.7 Å². The van der Waals surface area contributed by atoms with Gasteiger partial charge in [0.15, 0.2) is 17.7 Å². The number of nitrogens with zero attached hydrogens (tertiary/aromatic N) is 2. The number of rotatable bonds is 6. The molecule has 0 aliphatic carbocycles. The number of anilines is 1. The highest BCUT2D eigenvalue weighted by atomic mass is 19.1. The van der Waals surface area contributed by atoms with Crippen molar-refractivity contribution >= 4 is 11.7 Å². The van der Waals surface area contributed by atoms with Crippen LogP contribution in [0.1, 0.15) is 12.5 Å². The highest BCUT2D eigenvalue weighted by Crippen LogP contribution is 2.18. The Labute approximate surface area is 145 Å². The number of nitrogens with one attached hydrogen (secondary N) is 1. The first-order valence-electron chi connectivity index (χ1n) is 7.91. The molecule has 0 aliphatic heterocycles. The first-order chi connectivity index (χ1) is 12.1. The largest absolute Gasteiger partial charge is 0.478 e. The Morgan fingerprint density at radius 3 is 2.64 bits per heavy atom. The summed E-state index contributed by atoms with van der Waals surface area (Å²) in [5.41, 5.74) is 1.07. The first-order valence-corrected chi connectivity index (χ1v) is 7.91. The quantitative estimate of drug-likeness (QED) is 0.748. The molecular formula is C19H18FN3O2. The van der Waals surface area contributed by atoms with Crippen LogP contribution in [0.25, 0.3) is 0 Å². The van der Waals surface area contributed by atoms with Crippen LogP contribution < -0.4 is 10.1 Å². The fourth-order valence-corrected chi connectivity index (χ4v) is 2.33. The van der Waals surface area contributed by atoms with Gasteiger partial charge in [-0.3, -0.25) is 4.79 Å². The summed E-state index contributed by atoms with van der Waals surface area (Å²) in [5, 5.41) is 6.99. The van der Waals surface area contributed by atoms with Crippen molar-refractivity contribution in [3.63, 3.8) is 0 Å². The molecule has 1 N–H and O–H groups in total. The lowest BCUT2D eigenvalue weighted by Crippen LogP contribution is -2.31. The van der Waals surface area contributed by atoms with Crippen molar-refractivity contribution in [3.8, 4) is 5.75 Å². The van der Waals surface area contributed by atoms with Gasteiger partial charge >= 0.3 is 0 Å². The van der Waals surface area contributed by atoms with Crippen LogP contribution in [0.4, 0.5) is 10.2 Å². The third kappa shape index (κ3) is 4.23. The highest BCUT2D eigenvalue weighted by molar-refractivity contribution is 5.93. The molecule has 0 bridgehead atoms. The molecule has 0 aliphatic rings. The summed E-state index contributed by atoms with van der Waals surface area (Å²) in [6, 6.07) is 17.5. The van der Waals surface area contributed by atoms with Gasteiger partial charge in [-0.05, 0) is 24.6 Å². The number of aromatic nitrogens is 2. The van der Waals surface area contributed by atoms with E-state index in [0.29, 0.717) is 12.4 Å². The number of halogens is 1. The lowest BCUT2D eigenvalue weighted by atomic mass is 10.2. The normalized spacial score (nSPS) is 11.8. The Balaban J connectivity index is 1.65. The molecule has 1 aromatic heterocycles. The van der Waals surface area contributed by atoms with Gasteiger partial charge in [-0.1, -0.05) is 42.5 Å². The van der Waals surface area contributed by atoms with Crippen molar-refractivity contribution in [1.29, 1.82) is 0 Å². The fourth-order valence-electron chi connectivity index (χ4n) is 2.33. The van der Waals surface area contributed by atoms with E-state index in [1.807, 2.05) is 30.3 Å². The van der Waals surface area contributed by atoms with E-state index in [2.05, 4.69) is 10.4 Å². The van der Waals surface area contributed by atoms with Crippen LogP contribution in [0.3, 0.4) is 0 Å². The molecule has 25 heavy (non-hydrogen) atoms. The number of hydrogen-bond donors (Lipinski definition) is 1. The molecule has 0 fully saturated rings. The van der Waals surface area contributed by atoms with E-state index in [0.717, 1.165) is 5.56 Å². The number of para-hydroxylation sites is 1. The molecule has 1 heterocycles. The Morgan fingerprint density at radius 2 is 1.88 bits per heavy atom. The maximum Gasteiger partial charge on any atom is 0.266 e. The van der Waals surface area contributed by atoms with Crippen molar-refractivity contribution in [2.45, 2.75) is 19.6 Å². The minimum atomic E-state index is -0.850. The molecule has 0 saturated heterocycles. The van der Waals surface area contributed by atoms with Crippen molar-refractivity contribution in [1.82, 2.24) is 9.78 Å². The number of carbonyl (C=O) groups excluding carboxylic acids is 1. The fraction of sp³-hybridized carbons (Fsp3) is 0.158. The van der Waals surface area contributed by atoms with Crippen LogP contribution in [0, 0.1) is 5.82 Å². The standard InChI is InChI=1S/C19H18FN3O2/c1-14(25-17-10-6-5-9-16(17)20)19(24)22-18-11-12-21-23(18)13-15-7-3-2-4-8-15/h2-12,14H,13H2,1H3,(H,22,24)/t14-/m1/s1. The van der Waals surface area contributed by atoms with Crippen molar-refractivity contribution < 1.29 is 13.9 Å². The molecule has 0 saturated carbocycles. The van der Waals surface area contributed by atoms with E-state index in [-0.39, 0.29) is 11.7 Å². The van der Waals surface area contributed by atoms with Gasteiger partial charge in [-0.2, -0.15) is 5.10 Å². The van der Waals surface area contributed by atoms with E-state index in [1.54, 1.807) is 36.0 Å². The van der Waals surface area contributed by atoms with E-state index in [4.69, 9.17) is 4.74 Å². The molecule has 2 aromatic carbocycles. The first kappa shape index (κ1) is 16.7. The summed E-state index contributed by atoms with van der Waals surface area (Å²) in [6.45, 7) is 2.10. The zero-order valence-electron chi connectivity index (χ0n) is 13.7. The van der Waals surface area contributed by atoms with Crippen LogP contribution in [0.2, 0.25) is 0 Å². The molecule has 5 nitrogen and oxygen atoms in total. The van der Waals surface area contributed by atoms with Crippen molar-refractivity contribution in [3.05, 3.63) is 78.2 Å². The van der Waals surface area contributed by atoms with Gasteiger partial charge in [0.2, 0.25) is 0 Å². The Kier molecular flexibility index (Phi) is 5.09. The van der Waals surface area contributed by atoms with Gasteiger partial charge < -0.3 is 10.1 Å². The Bertz CT molecular complexity index is 849. The molecule has 3 rings (SSSR count). The molecule has 128 valence electrons. The van der Waals surface area contributed by atoms with Crippen molar-refractivity contribution in [2.24, 2.45) is 0 Å². The molecule has 0 unspecified atom stereocenters. The van der Waals surface area contributed by atoms with Crippen LogP contribution >= 0.6 is 0 Å². The molecule has 1 atom stereocenters. The van der Waals surface area contributed by atoms with Crippen molar-refractivity contribution in [2.75, 3.05) is 5.32 Å². The van der Waals surface area contributed by atoms with Crippen LogP contribution in [-0.4, -0.2) is 21.8 Å². The van der Waals surface area contributed by atoms with E-state index >= 15 is 0 Å². The highest BCUT2D eigenvalue weighted by Gasteiger charge is 2.18. The number of amides is 1. The second-order valence-corrected chi connectivity index (χ2v) is 5.54. The smallest absolute Gasteiger partial charge is 0.266 e. The molecule has 3 aromatic rings. The van der Waals surface area contributed by atoms with Crippen LogP contribution in [0.5, 0.6) is 5.75 Å². The number of ether oxygens (including phenoxy) is 1. The van der Waals surface area contributed by atoms with Gasteiger partial charge in [0.25, 0.3) is 5.91 Å². The molecular weight excluding hydrogens is 321 g/mol. The molecule has 0 spiro atoms. The molecule has 6 heteroatoms. The minimum Gasteiger partial charge on any atom is -0.478 e. The summed E-state index contributed by atoms with van der Waals surface area (Å²) in [4.78, 5) is 12.3. The lowest BCUT2D eigenvalue weighted by molar-refractivity contribution is -0.122. The second kappa shape index (κ2) is 7.61. The summed E-state index contributed by atoms with van der Waals surface area (Å²) >= 11 is 0. The SMILES string of the molecule is C[C@@H](Oc1ccccc1F)C(=O)Nc1ccnn1Cc1ccccc1. The summed E-state index contributed by atoms with van der Waals surface area (Å²) < 4.78 is 20.7. The van der Waals surface area contributed by atoms with Gasteiger partial charge in [0.1, 0.15) is 5.82 Å². The Hall–Kier alpha value is -3.15. The third-order valence-electron chi connectivity index (χ3n) is 3.65. The van der Waals surface area contributed by atoms with E-state index in [1.165, 1.54) is 12.1 Å². The van der Waals surface area contributed by atoms with E-state index < -0.39 is 11.9 Å². The van der Waals surface area contributed by atoms with Gasteiger partial charge in [0, 0.05) is 6.07 Å². The van der Waals surface area contributed by atoms with Crippen LogP contribution in [0.15, 0.2) is 66.9 Å². The summed E-state index contributed by atoms with van der Waals surface area (Å²) in [5.74, 6) is -0.282. The number of carbonyl (C=O) groups is 1. The van der Waals surface area contributed by atoms with Gasteiger partial charge in [-0.25, -0.2) is 9.07 Å². The zero-order chi connectivity index (χ0) is 17.6. The predicted molar refractivity (Wildman–Crippen MR) is 92.9 cm³/mol. The third-order valence-corrected chi connectivity index (χ3v) is 3.65. The zero-order valence-corrected chi connectivity index (χ0v) is 13.7. The summed E-state index contributed by atoms with van der Waals surface area (Å²) in [7, 11) is 0. The molecule has 1 amide bonds. The lowest BCUT2D eigenvalue weighted by Gasteiger charge is -2.15. The van der Waals surface area contributed by atoms with E-state index in [9.17, 15) is 9.18 Å². The average molecular weight is 339 g/mol. The number of hydrogen-bond acceptors (Lipinski definition) is 3.